The number of hydrogen-bond acceptors (Lipinski definition) is 1. The molecule has 2 atom stereocenters. The summed E-state index contributed by atoms with van der Waals surface area (Å²) in [7, 11) is 0. The second-order valence-corrected chi connectivity index (χ2v) is 5.43. The molecule has 20 heavy (non-hydrogen) atoms. The molecule has 0 bridgehead atoms. The highest BCUT2D eigenvalue weighted by atomic mass is 19.4. The Hall–Kier alpha value is -1.39. The Kier molecular flexibility index (Phi) is 4.16. The first-order valence-corrected chi connectivity index (χ1v) is 6.66. The molecule has 2 unspecified atom stereocenters. The third-order valence-electron chi connectivity index (χ3n) is 3.97. The van der Waals surface area contributed by atoms with Crippen molar-refractivity contribution in [2.45, 2.75) is 38.8 Å². The van der Waals surface area contributed by atoms with Gasteiger partial charge in [0.2, 0.25) is 0 Å². The minimum absolute atomic E-state index is 0.0788. The second kappa shape index (κ2) is 5.54. The predicted molar refractivity (Wildman–Crippen MR) is 67.0 cm³/mol. The molecule has 1 aromatic carbocycles. The van der Waals surface area contributed by atoms with E-state index in [0.29, 0.717) is 18.4 Å². The van der Waals surface area contributed by atoms with Crippen LogP contribution in [0, 0.1) is 24.6 Å². The third kappa shape index (κ3) is 3.19. The lowest BCUT2D eigenvalue weighted by Crippen LogP contribution is -2.32. The van der Waals surface area contributed by atoms with Crippen molar-refractivity contribution in [2.24, 2.45) is 11.8 Å². The predicted octanol–water partition coefficient (Wildman–Crippen LogP) is 4.69. The maximum atomic E-state index is 13.2. The van der Waals surface area contributed by atoms with Gasteiger partial charge in [-0.3, -0.25) is 4.79 Å². The van der Waals surface area contributed by atoms with Gasteiger partial charge in [-0.1, -0.05) is 12.5 Å². The van der Waals surface area contributed by atoms with Crippen molar-refractivity contribution < 1.29 is 22.4 Å². The van der Waals surface area contributed by atoms with Crippen LogP contribution in [0.25, 0.3) is 0 Å². The van der Waals surface area contributed by atoms with Gasteiger partial charge in [-0.15, -0.1) is 0 Å². The highest BCUT2D eigenvalue weighted by molar-refractivity contribution is 5.99. The van der Waals surface area contributed by atoms with Gasteiger partial charge in [-0.05, 0) is 43.9 Å². The molecule has 0 aromatic heterocycles. The summed E-state index contributed by atoms with van der Waals surface area (Å²) < 4.78 is 51.5. The quantitative estimate of drug-likeness (QED) is 0.570. The van der Waals surface area contributed by atoms with Crippen molar-refractivity contribution >= 4 is 5.78 Å². The van der Waals surface area contributed by atoms with Gasteiger partial charge in [-0.2, -0.15) is 13.2 Å². The molecule has 2 rings (SSSR count). The highest BCUT2D eigenvalue weighted by Gasteiger charge is 2.43. The van der Waals surface area contributed by atoms with Crippen molar-refractivity contribution in [1.29, 1.82) is 0 Å². The summed E-state index contributed by atoms with van der Waals surface area (Å²) in [5.41, 5.74) is 0.809. The topological polar surface area (TPSA) is 17.1 Å². The number of carbonyl (C=O) groups is 1. The average Bonchev–Trinajstić information content (AvgIpc) is 2.40. The Morgan fingerprint density at radius 3 is 2.60 bits per heavy atom. The molecule has 1 aliphatic rings. The minimum atomic E-state index is -4.25. The van der Waals surface area contributed by atoms with Crippen LogP contribution < -0.4 is 0 Å². The van der Waals surface area contributed by atoms with Crippen LogP contribution in [0.2, 0.25) is 0 Å². The van der Waals surface area contributed by atoms with Crippen LogP contribution in [0.3, 0.4) is 0 Å². The van der Waals surface area contributed by atoms with Gasteiger partial charge >= 0.3 is 6.18 Å². The molecule has 1 nitrogen and oxygen atoms in total. The van der Waals surface area contributed by atoms with Crippen LogP contribution in [-0.4, -0.2) is 12.0 Å². The van der Waals surface area contributed by atoms with Crippen LogP contribution in [0.1, 0.15) is 41.6 Å². The summed E-state index contributed by atoms with van der Waals surface area (Å²) in [6.07, 6.45) is -3.53. The molecule has 1 saturated carbocycles. The first kappa shape index (κ1) is 15.0. The number of ketones is 1. The van der Waals surface area contributed by atoms with E-state index >= 15 is 0 Å². The van der Waals surface area contributed by atoms with E-state index in [9.17, 15) is 22.4 Å². The Bertz CT molecular complexity index is 507. The molecule has 0 amide bonds. The second-order valence-electron chi connectivity index (χ2n) is 5.43. The van der Waals surface area contributed by atoms with Crippen molar-refractivity contribution in [3.05, 3.63) is 35.1 Å². The molecule has 0 aliphatic heterocycles. The standard InChI is InChI=1S/C15H16F4O/c1-9-5-6-12(16)8-13(9)14(20)10-3-2-4-11(7-10)15(17,18)19/h5-6,8,10-11H,2-4,7H2,1H3. The van der Waals surface area contributed by atoms with E-state index in [0.717, 1.165) is 6.07 Å². The minimum Gasteiger partial charge on any atom is -0.294 e. The van der Waals surface area contributed by atoms with Gasteiger partial charge in [0, 0.05) is 11.5 Å². The van der Waals surface area contributed by atoms with Crippen molar-refractivity contribution in [3.63, 3.8) is 0 Å². The first-order chi connectivity index (χ1) is 9.29. The fourth-order valence-corrected chi connectivity index (χ4v) is 2.80. The van der Waals surface area contributed by atoms with Crippen LogP contribution in [0.15, 0.2) is 18.2 Å². The molecule has 0 spiro atoms. The first-order valence-electron chi connectivity index (χ1n) is 6.66. The summed E-state index contributed by atoms with van der Waals surface area (Å²) in [6, 6.07) is 3.84. The molecule has 0 N–H and O–H groups in total. The number of carbonyl (C=O) groups excluding carboxylic acids is 1. The van der Waals surface area contributed by atoms with Crippen LogP contribution in [0.4, 0.5) is 17.6 Å². The lowest BCUT2D eigenvalue weighted by Gasteiger charge is -2.30. The van der Waals surface area contributed by atoms with E-state index < -0.39 is 23.8 Å². The fraction of sp³-hybridized carbons (Fsp3) is 0.533. The molecule has 110 valence electrons. The van der Waals surface area contributed by atoms with E-state index in [-0.39, 0.29) is 24.2 Å². The summed E-state index contributed by atoms with van der Waals surface area (Å²) in [4.78, 5) is 12.3. The lowest BCUT2D eigenvalue weighted by atomic mass is 9.77. The van der Waals surface area contributed by atoms with E-state index in [1.54, 1.807) is 6.92 Å². The molecule has 1 aromatic rings. The average molecular weight is 288 g/mol. The molecule has 1 aliphatic carbocycles. The summed E-state index contributed by atoms with van der Waals surface area (Å²) in [5, 5.41) is 0. The number of Topliss-reactive ketones (excluding diaryl/α,β-unsaturated/α-hetero) is 1. The van der Waals surface area contributed by atoms with E-state index in [2.05, 4.69) is 0 Å². The normalized spacial score (nSPS) is 23.6. The SMILES string of the molecule is Cc1ccc(F)cc1C(=O)C1CCCC(C(F)(F)F)C1. The maximum absolute atomic E-state index is 13.2. The van der Waals surface area contributed by atoms with E-state index in [1.807, 2.05) is 0 Å². The maximum Gasteiger partial charge on any atom is 0.391 e. The van der Waals surface area contributed by atoms with Gasteiger partial charge in [0.1, 0.15) is 5.82 Å². The highest BCUT2D eigenvalue weighted by Crippen LogP contribution is 2.41. The lowest BCUT2D eigenvalue weighted by molar-refractivity contribution is -0.184. The zero-order valence-electron chi connectivity index (χ0n) is 11.1. The van der Waals surface area contributed by atoms with Gasteiger partial charge in [0.05, 0.1) is 5.92 Å². The number of hydrogen-bond donors (Lipinski definition) is 0. The molecule has 5 heteroatoms. The van der Waals surface area contributed by atoms with E-state index in [1.165, 1.54) is 12.1 Å². The van der Waals surface area contributed by atoms with Gasteiger partial charge in [0.15, 0.2) is 5.78 Å². The van der Waals surface area contributed by atoms with Crippen molar-refractivity contribution in [2.75, 3.05) is 0 Å². The van der Waals surface area contributed by atoms with Gasteiger partial charge in [0.25, 0.3) is 0 Å². The monoisotopic (exact) mass is 288 g/mol. The Morgan fingerprint density at radius 2 is 1.95 bits per heavy atom. The van der Waals surface area contributed by atoms with Crippen LogP contribution in [-0.2, 0) is 0 Å². The Morgan fingerprint density at radius 1 is 1.25 bits per heavy atom. The smallest absolute Gasteiger partial charge is 0.294 e. The largest absolute Gasteiger partial charge is 0.391 e. The number of alkyl halides is 3. The number of aryl methyl sites for hydroxylation is 1. The molecule has 0 heterocycles. The van der Waals surface area contributed by atoms with Crippen molar-refractivity contribution in [3.8, 4) is 0 Å². The molecule has 0 radical (unpaired) electrons. The molecule has 1 fully saturated rings. The van der Waals surface area contributed by atoms with Crippen molar-refractivity contribution in [1.82, 2.24) is 0 Å². The zero-order valence-corrected chi connectivity index (χ0v) is 11.1. The molecular formula is C15H16F4O. The molecule has 0 saturated heterocycles. The van der Waals surface area contributed by atoms with E-state index in [4.69, 9.17) is 0 Å². The zero-order chi connectivity index (χ0) is 14.9. The number of benzene rings is 1. The summed E-state index contributed by atoms with van der Waals surface area (Å²) in [6.45, 7) is 1.66. The van der Waals surface area contributed by atoms with Crippen LogP contribution in [0.5, 0.6) is 0 Å². The Labute approximate surface area is 115 Å². The summed E-state index contributed by atoms with van der Waals surface area (Å²) in [5.74, 6) is -2.98. The number of rotatable bonds is 2. The Balaban J connectivity index is 2.18. The molecular weight excluding hydrogens is 272 g/mol. The van der Waals surface area contributed by atoms with Gasteiger partial charge < -0.3 is 0 Å². The van der Waals surface area contributed by atoms with Gasteiger partial charge in [-0.25, -0.2) is 4.39 Å². The number of halogens is 4. The summed E-state index contributed by atoms with van der Waals surface area (Å²) >= 11 is 0. The van der Waals surface area contributed by atoms with Crippen LogP contribution >= 0.6 is 0 Å². The third-order valence-corrected chi connectivity index (χ3v) is 3.97. The fourth-order valence-electron chi connectivity index (χ4n) is 2.80.